The highest BCUT2D eigenvalue weighted by Gasteiger charge is 2.14. The highest BCUT2D eigenvalue weighted by molar-refractivity contribution is 7.90. The van der Waals surface area contributed by atoms with Crippen LogP contribution in [-0.4, -0.2) is 42.4 Å². The molecular formula is C19H21N3O3S. The molecule has 1 atom stereocenters. The van der Waals surface area contributed by atoms with Gasteiger partial charge in [-0.05, 0) is 37.1 Å². The lowest BCUT2D eigenvalue weighted by Crippen LogP contribution is -2.27. The SMILES string of the molecule is Cc1ccc(CC(CO)Nc2ncnc3ccc(S(C)(=O)=O)cc23)cc1. The van der Waals surface area contributed by atoms with Crippen molar-refractivity contribution in [3.63, 3.8) is 0 Å². The van der Waals surface area contributed by atoms with Gasteiger partial charge in [-0.2, -0.15) is 0 Å². The van der Waals surface area contributed by atoms with Gasteiger partial charge in [-0.3, -0.25) is 0 Å². The van der Waals surface area contributed by atoms with Gasteiger partial charge < -0.3 is 10.4 Å². The Morgan fingerprint density at radius 1 is 1.12 bits per heavy atom. The van der Waals surface area contributed by atoms with Crippen molar-refractivity contribution < 1.29 is 13.5 Å². The minimum atomic E-state index is -3.33. The molecule has 7 heteroatoms. The maximum atomic E-state index is 11.8. The van der Waals surface area contributed by atoms with Crippen LogP contribution in [0.3, 0.4) is 0 Å². The number of fused-ring (bicyclic) bond motifs is 1. The van der Waals surface area contributed by atoms with E-state index in [0.29, 0.717) is 23.1 Å². The number of hydrogen-bond donors (Lipinski definition) is 2. The van der Waals surface area contributed by atoms with Crippen molar-refractivity contribution >= 4 is 26.6 Å². The summed E-state index contributed by atoms with van der Waals surface area (Å²) in [6.07, 6.45) is 3.21. The monoisotopic (exact) mass is 371 g/mol. The van der Waals surface area contributed by atoms with Crippen molar-refractivity contribution in [3.05, 3.63) is 59.9 Å². The number of aryl methyl sites for hydroxylation is 1. The minimum absolute atomic E-state index is 0.0782. The van der Waals surface area contributed by atoms with Gasteiger partial charge in [0.1, 0.15) is 12.1 Å². The third-order valence-corrected chi connectivity index (χ3v) is 5.31. The molecule has 0 aliphatic carbocycles. The molecule has 1 aromatic heterocycles. The van der Waals surface area contributed by atoms with Crippen molar-refractivity contribution in [2.75, 3.05) is 18.2 Å². The van der Waals surface area contributed by atoms with Crippen molar-refractivity contribution in [1.82, 2.24) is 9.97 Å². The molecule has 6 nitrogen and oxygen atoms in total. The first-order valence-electron chi connectivity index (χ1n) is 8.24. The first-order chi connectivity index (χ1) is 12.4. The van der Waals surface area contributed by atoms with Crippen molar-refractivity contribution in [1.29, 1.82) is 0 Å². The molecule has 0 spiro atoms. The Morgan fingerprint density at radius 3 is 2.50 bits per heavy atom. The molecule has 0 saturated heterocycles. The van der Waals surface area contributed by atoms with E-state index in [4.69, 9.17) is 0 Å². The summed E-state index contributed by atoms with van der Waals surface area (Å²) in [7, 11) is -3.33. The van der Waals surface area contributed by atoms with E-state index in [1.54, 1.807) is 12.1 Å². The molecule has 0 aliphatic heterocycles. The lowest BCUT2D eigenvalue weighted by Gasteiger charge is -2.18. The van der Waals surface area contributed by atoms with E-state index in [9.17, 15) is 13.5 Å². The highest BCUT2D eigenvalue weighted by Crippen LogP contribution is 2.24. The first kappa shape index (κ1) is 18.3. The molecule has 2 aromatic carbocycles. The van der Waals surface area contributed by atoms with Crippen LogP contribution in [0.4, 0.5) is 5.82 Å². The number of aromatic nitrogens is 2. The van der Waals surface area contributed by atoms with Gasteiger partial charge in [0.15, 0.2) is 9.84 Å². The molecule has 3 aromatic rings. The second kappa shape index (κ2) is 7.39. The summed E-state index contributed by atoms with van der Waals surface area (Å²) >= 11 is 0. The van der Waals surface area contributed by atoms with Gasteiger partial charge in [0.2, 0.25) is 0 Å². The number of aliphatic hydroxyl groups is 1. The number of sulfone groups is 1. The number of benzene rings is 2. The number of rotatable bonds is 6. The smallest absolute Gasteiger partial charge is 0.175 e. The summed E-state index contributed by atoms with van der Waals surface area (Å²) in [6.45, 7) is 1.95. The summed E-state index contributed by atoms with van der Waals surface area (Å²) < 4.78 is 23.7. The van der Waals surface area contributed by atoms with Crippen LogP contribution in [0.15, 0.2) is 53.7 Å². The summed E-state index contributed by atoms with van der Waals surface area (Å²) in [4.78, 5) is 8.64. The molecule has 0 radical (unpaired) electrons. The number of aliphatic hydroxyl groups excluding tert-OH is 1. The first-order valence-corrected chi connectivity index (χ1v) is 10.1. The van der Waals surface area contributed by atoms with E-state index in [0.717, 1.165) is 5.56 Å². The zero-order valence-electron chi connectivity index (χ0n) is 14.7. The summed E-state index contributed by atoms with van der Waals surface area (Å²) in [5.41, 5.74) is 2.91. The predicted octanol–water partition coefficient (Wildman–Crippen LogP) is 2.36. The maximum Gasteiger partial charge on any atom is 0.175 e. The number of nitrogens with zero attached hydrogens (tertiary/aromatic N) is 2. The summed E-state index contributed by atoms with van der Waals surface area (Å²) in [5.74, 6) is 0.506. The molecule has 0 amide bonds. The quantitative estimate of drug-likeness (QED) is 0.691. The summed E-state index contributed by atoms with van der Waals surface area (Å²) in [5, 5.41) is 13.6. The zero-order chi connectivity index (χ0) is 18.7. The van der Waals surface area contributed by atoms with Gasteiger partial charge in [0.05, 0.1) is 23.1 Å². The molecule has 1 heterocycles. The van der Waals surface area contributed by atoms with Gasteiger partial charge in [0, 0.05) is 11.6 Å². The molecule has 0 bridgehead atoms. The number of nitrogens with one attached hydrogen (secondary N) is 1. The van der Waals surface area contributed by atoms with Crippen molar-refractivity contribution in [2.24, 2.45) is 0 Å². The van der Waals surface area contributed by atoms with E-state index in [-0.39, 0.29) is 17.5 Å². The third kappa shape index (κ3) is 4.17. The summed E-state index contributed by atoms with van der Waals surface area (Å²) in [6, 6.07) is 12.6. The lowest BCUT2D eigenvalue weighted by atomic mass is 10.0. The van der Waals surface area contributed by atoms with Crippen molar-refractivity contribution in [2.45, 2.75) is 24.3 Å². The fourth-order valence-electron chi connectivity index (χ4n) is 2.74. The Kier molecular flexibility index (Phi) is 5.20. The standard InChI is InChI=1S/C19H21N3O3S/c1-13-3-5-14(6-4-13)9-15(11-23)22-19-17-10-16(26(2,24)25)7-8-18(17)20-12-21-19/h3-8,10,12,15,23H,9,11H2,1-2H3,(H,20,21,22). The molecule has 2 N–H and O–H groups in total. The van der Waals surface area contributed by atoms with Gasteiger partial charge in [-0.1, -0.05) is 29.8 Å². The van der Waals surface area contributed by atoms with E-state index >= 15 is 0 Å². The zero-order valence-corrected chi connectivity index (χ0v) is 15.5. The van der Waals surface area contributed by atoms with Crippen LogP contribution in [0.2, 0.25) is 0 Å². The topological polar surface area (TPSA) is 92.2 Å². The van der Waals surface area contributed by atoms with Gasteiger partial charge in [-0.25, -0.2) is 18.4 Å². The fourth-order valence-corrected chi connectivity index (χ4v) is 3.39. The van der Waals surface area contributed by atoms with Crippen LogP contribution in [0.1, 0.15) is 11.1 Å². The molecule has 136 valence electrons. The van der Waals surface area contributed by atoms with E-state index in [2.05, 4.69) is 15.3 Å². The largest absolute Gasteiger partial charge is 0.394 e. The Hall–Kier alpha value is -2.51. The predicted molar refractivity (Wildman–Crippen MR) is 102 cm³/mol. The van der Waals surface area contributed by atoms with Crippen LogP contribution >= 0.6 is 0 Å². The van der Waals surface area contributed by atoms with Crippen LogP contribution in [0.25, 0.3) is 10.9 Å². The molecule has 3 rings (SSSR count). The molecule has 0 aliphatic rings. The lowest BCUT2D eigenvalue weighted by molar-refractivity contribution is 0.273. The average molecular weight is 371 g/mol. The van der Waals surface area contributed by atoms with Crippen LogP contribution in [0, 0.1) is 6.92 Å². The highest BCUT2D eigenvalue weighted by atomic mass is 32.2. The van der Waals surface area contributed by atoms with E-state index < -0.39 is 9.84 Å². The fraction of sp³-hybridized carbons (Fsp3) is 0.263. The van der Waals surface area contributed by atoms with Gasteiger partial charge >= 0.3 is 0 Å². The minimum Gasteiger partial charge on any atom is -0.394 e. The van der Waals surface area contributed by atoms with Crippen LogP contribution in [0.5, 0.6) is 0 Å². The van der Waals surface area contributed by atoms with E-state index in [1.807, 2.05) is 31.2 Å². The Bertz CT molecular complexity index is 1020. The second-order valence-corrected chi connectivity index (χ2v) is 8.40. The Balaban J connectivity index is 1.91. The van der Waals surface area contributed by atoms with Crippen LogP contribution in [-0.2, 0) is 16.3 Å². The molecule has 0 saturated carbocycles. The average Bonchev–Trinajstić information content (AvgIpc) is 2.62. The van der Waals surface area contributed by atoms with E-state index in [1.165, 1.54) is 24.2 Å². The number of anilines is 1. The van der Waals surface area contributed by atoms with Crippen LogP contribution < -0.4 is 5.32 Å². The molecule has 1 unspecified atom stereocenters. The molecule has 0 fully saturated rings. The maximum absolute atomic E-state index is 11.8. The van der Waals surface area contributed by atoms with Gasteiger partial charge in [0.25, 0.3) is 0 Å². The van der Waals surface area contributed by atoms with Crippen molar-refractivity contribution in [3.8, 4) is 0 Å². The molecular weight excluding hydrogens is 350 g/mol. The second-order valence-electron chi connectivity index (χ2n) is 6.39. The third-order valence-electron chi connectivity index (χ3n) is 4.20. The van der Waals surface area contributed by atoms with Gasteiger partial charge in [-0.15, -0.1) is 0 Å². The Labute approximate surface area is 152 Å². The molecule has 26 heavy (non-hydrogen) atoms. The normalized spacial score (nSPS) is 12.9. The Morgan fingerprint density at radius 2 is 1.85 bits per heavy atom. The number of hydrogen-bond acceptors (Lipinski definition) is 6.